The quantitative estimate of drug-likeness (QED) is 0.590. The predicted molar refractivity (Wildman–Crippen MR) is 57.3 cm³/mol. The number of hydrogen-bond acceptors (Lipinski definition) is 3. The summed E-state index contributed by atoms with van der Waals surface area (Å²) in [4.78, 5) is 35.2. The van der Waals surface area contributed by atoms with E-state index in [9.17, 15) is 14.4 Å². The summed E-state index contributed by atoms with van der Waals surface area (Å²) >= 11 is 5.17. The first-order valence-electron chi connectivity index (χ1n) is 4.75. The van der Waals surface area contributed by atoms with Crippen LogP contribution in [0.3, 0.4) is 0 Å². The van der Waals surface area contributed by atoms with E-state index in [1.807, 2.05) is 0 Å². The minimum atomic E-state index is -0.559. The van der Waals surface area contributed by atoms with Crippen molar-refractivity contribution in [2.75, 3.05) is 6.54 Å². The first-order chi connectivity index (χ1) is 7.61. The van der Waals surface area contributed by atoms with Gasteiger partial charge in [-0.25, -0.2) is 0 Å². The maximum Gasteiger partial charge on any atom is 0.261 e. The molecule has 0 unspecified atom stereocenters. The van der Waals surface area contributed by atoms with Crippen molar-refractivity contribution < 1.29 is 14.4 Å². The normalized spacial score (nSPS) is 14.2. The van der Waals surface area contributed by atoms with Gasteiger partial charge in [0.1, 0.15) is 0 Å². The fraction of sp³-hybridized carbons (Fsp3) is 0.182. The molecule has 5 heteroatoms. The van der Waals surface area contributed by atoms with Crippen molar-refractivity contribution in [3.05, 3.63) is 35.4 Å². The number of imide groups is 1. The third kappa shape index (κ3) is 1.72. The molecule has 0 atom stereocenters. The number of halogens is 1. The zero-order chi connectivity index (χ0) is 11.7. The van der Waals surface area contributed by atoms with Gasteiger partial charge in [-0.15, -0.1) is 0 Å². The van der Waals surface area contributed by atoms with Crippen molar-refractivity contribution in [3.63, 3.8) is 0 Å². The standard InChI is InChI=1S/C11H8ClNO3/c12-9(14)5-6-13-10(15)7-3-1-2-4-8(7)11(13)16/h1-4H,5-6H2. The van der Waals surface area contributed by atoms with Gasteiger partial charge in [0.05, 0.1) is 11.1 Å². The molecule has 0 saturated heterocycles. The number of hydrogen-bond donors (Lipinski definition) is 0. The number of carbonyl (C=O) groups is 3. The lowest BCUT2D eigenvalue weighted by molar-refractivity contribution is -0.111. The van der Waals surface area contributed by atoms with Crippen molar-refractivity contribution in [1.82, 2.24) is 4.90 Å². The molecule has 82 valence electrons. The van der Waals surface area contributed by atoms with Crippen molar-refractivity contribution in [2.24, 2.45) is 0 Å². The van der Waals surface area contributed by atoms with E-state index in [1.54, 1.807) is 24.3 Å². The summed E-state index contributed by atoms with van der Waals surface area (Å²) in [6.07, 6.45) is -0.0208. The number of nitrogens with zero attached hydrogens (tertiary/aromatic N) is 1. The average molecular weight is 238 g/mol. The Morgan fingerprint density at radius 1 is 1.12 bits per heavy atom. The van der Waals surface area contributed by atoms with E-state index in [-0.39, 0.29) is 24.8 Å². The Morgan fingerprint density at radius 2 is 1.62 bits per heavy atom. The van der Waals surface area contributed by atoms with Crippen LogP contribution < -0.4 is 0 Å². The summed E-state index contributed by atoms with van der Waals surface area (Å²) in [7, 11) is 0. The van der Waals surface area contributed by atoms with Crippen LogP contribution in [0, 0.1) is 0 Å². The van der Waals surface area contributed by atoms with Gasteiger partial charge in [-0.05, 0) is 23.7 Å². The van der Waals surface area contributed by atoms with Crippen LogP contribution in [0.1, 0.15) is 27.1 Å². The Bertz CT molecular complexity index is 449. The molecule has 0 N–H and O–H groups in total. The lowest BCUT2D eigenvalue weighted by Gasteiger charge is -2.11. The molecule has 2 amide bonds. The Kier molecular flexibility index (Phi) is 2.75. The monoisotopic (exact) mass is 237 g/mol. The molecule has 0 radical (unpaired) electrons. The highest BCUT2D eigenvalue weighted by atomic mass is 35.5. The topological polar surface area (TPSA) is 54.5 Å². The molecule has 1 aromatic carbocycles. The Labute approximate surface area is 96.8 Å². The van der Waals surface area contributed by atoms with Crippen LogP contribution in [0.4, 0.5) is 0 Å². The molecule has 1 heterocycles. The number of fused-ring (bicyclic) bond motifs is 1. The zero-order valence-corrected chi connectivity index (χ0v) is 9.03. The van der Waals surface area contributed by atoms with Gasteiger partial charge >= 0.3 is 0 Å². The van der Waals surface area contributed by atoms with Gasteiger partial charge in [-0.1, -0.05) is 12.1 Å². The van der Waals surface area contributed by atoms with Crippen molar-refractivity contribution in [3.8, 4) is 0 Å². The zero-order valence-electron chi connectivity index (χ0n) is 8.27. The highest BCUT2D eigenvalue weighted by Crippen LogP contribution is 2.22. The van der Waals surface area contributed by atoms with E-state index in [4.69, 9.17) is 11.6 Å². The molecule has 0 fully saturated rings. The molecule has 0 spiro atoms. The summed E-state index contributed by atoms with van der Waals surface area (Å²) in [5.41, 5.74) is 0.768. The second kappa shape index (κ2) is 4.06. The highest BCUT2D eigenvalue weighted by Gasteiger charge is 2.34. The van der Waals surface area contributed by atoms with Crippen LogP contribution in [-0.4, -0.2) is 28.5 Å². The number of carbonyl (C=O) groups excluding carboxylic acids is 3. The molecule has 1 aromatic rings. The lowest BCUT2D eigenvalue weighted by Crippen LogP contribution is -2.31. The first-order valence-corrected chi connectivity index (χ1v) is 5.12. The Morgan fingerprint density at radius 3 is 2.06 bits per heavy atom. The maximum atomic E-state index is 11.8. The van der Waals surface area contributed by atoms with Crippen LogP contribution in [0.2, 0.25) is 0 Å². The number of rotatable bonds is 3. The van der Waals surface area contributed by atoms with E-state index in [1.165, 1.54) is 0 Å². The van der Waals surface area contributed by atoms with Crippen LogP contribution in [0.25, 0.3) is 0 Å². The fourth-order valence-corrected chi connectivity index (χ4v) is 1.73. The van der Waals surface area contributed by atoms with Crippen LogP contribution in [-0.2, 0) is 4.79 Å². The van der Waals surface area contributed by atoms with Gasteiger partial charge < -0.3 is 0 Å². The smallest absolute Gasteiger partial charge is 0.261 e. The van der Waals surface area contributed by atoms with Gasteiger partial charge in [0, 0.05) is 13.0 Å². The summed E-state index contributed by atoms with van der Waals surface area (Å²) in [5.74, 6) is -0.725. The van der Waals surface area contributed by atoms with Crippen molar-refractivity contribution >= 4 is 28.7 Å². The first kappa shape index (κ1) is 10.8. The Hall–Kier alpha value is -1.68. The SMILES string of the molecule is O=C(Cl)CCN1C(=O)c2ccccc2C1=O. The number of amides is 2. The van der Waals surface area contributed by atoms with Crippen molar-refractivity contribution in [2.45, 2.75) is 6.42 Å². The molecule has 2 rings (SSSR count). The van der Waals surface area contributed by atoms with Crippen LogP contribution >= 0.6 is 11.6 Å². The van der Waals surface area contributed by atoms with Gasteiger partial charge in [0.2, 0.25) is 5.24 Å². The second-order valence-corrected chi connectivity index (χ2v) is 3.83. The van der Waals surface area contributed by atoms with E-state index in [0.29, 0.717) is 11.1 Å². The lowest BCUT2D eigenvalue weighted by atomic mass is 10.1. The van der Waals surface area contributed by atoms with E-state index < -0.39 is 5.24 Å². The van der Waals surface area contributed by atoms with Crippen LogP contribution in [0.5, 0.6) is 0 Å². The molecule has 0 bridgehead atoms. The Balaban J connectivity index is 2.25. The summed E-state index contributed by atoms with van der Waals surface area (Å²) in [6, 6.07) is 6.58. The largest absolute Gasteiger partial charge is 0.281 e. The molecule has 1 aliphatic heterocycles. The summed E-state index contributed by atoms with van der Waals surface area (Å²) < 4.78 is 0. The second-order valence-electron chi connectivity index (χ2n) is 3.41. The number of benzene rings is 1. The molecule has 4 nitrogen and oxygen atoms in total. The predicted octanol–water partition coefficient (Wildman–Crippen LogP) is 1.44. The molecule has 16 heavy (non-hydrogen) atoms. The molecule has 0 aromatic heterocycles. The van der Waals surface area contributed by atoms with E-state index >= 15 is 0 Å². The average Bonchev–Trinajstić information content (AvgIpc) is 2.50. The van der Waals surface area contributed by atoms with Crippen molar-refractivity contribution in [1.29, 1.82) is 0 Å². The maximum absolute atomic E-state index is 11.8. The summed E-state index contributed by atoms with van der Waals surface area (Å²) in [6.45, 7) is 0.0364. The minimum Gasteiger partial charge on any atom is -0.281 e. The third-order valence-corrected chi connectivity index (χ3v) is 2.60. The van der Waals surface area contributed by atoms with Gasteiger partial charge in [0.15, 0.2) is 0 Å². The summed E-state index contributed by atoms with van der Waals surface area (Å²) in [5, 5.41) is -0.559. The minimum absolute atomic E-state index is 0.0208. The van der Waals surface area contributed by atoms with Gasteiger partial charge in [-0.2, -0.15) is 0 Å². The molecule has 0 aliphatic carbocycles. The van der Waals surface area contributed by atoms with E-state index in [2.05, 4.69) is 0 Å². The fourth-order valence-electron chi connectivity index (χ4n) is 1.64. The van der Waals surface area contributed by atoms with Gasteiger partial charge in [0.25, 0.3) is 11.8 Å². The molecular formula is C11H8ClNO3. The van der Waals surface area contributed by atoms with E-state index in [0.717, 1.165) is 4.90 Å². The third-order valence-electron chi connectivity index (χ3n) is 2.41. The molecule has 0 saturated carbocycles. The highest BCUT2D eigenvalue weighted by molar-refractivity contribution is 6.63. The molecule has 1 aliphatic rings. The molecular weight excluding hydrogens is 230 g/mol. The van der Waals surface area contributed by atoms with Gasteiger partial charge in [-0.3, -0.25) is 19.3 Å². The van der Waals surface area contributed by atoms with Crippen LogP contribution in [0.15, 0.2) is 24.3 Å².